The van der Waals surface area contributed by atoms with Crippen molar-refractivity contribution in [1.29, 1.82) is 0 Å². The SMILES string of the molecule is CN(C)CCN(CCOS(C)(=O)=O)CCN(C)C. The van der Waals surface area contributed by atoms with E-state index in [2.05, 4.69) is 14.7 Å². The van der Waals surface area contributed by atoms with Gasteiger partial charge in [0.2, 0.25) is 0 Å². The van der Waals surface area contributed by atoms with Crippen molar-refractivity contribution in [1.82, 2.24) is 14.7 Å². The van der Waals surface area contributed by atoms with E-state index < -0.39 is 10.1 Å². The third-order valence-electron chi connectivity index (χ3n) is 2.43. The molecule has 0 aromatic carbocycles. The Morgan fingerprint density at radius 1 is 0.833 bits per heavy atom. The van der Waals surface area contributed by atoms with Crippen LogP contribution in [0.4, 0.5) is 0 Å². The number of rotatable bonds is 10. The van der Waals surface area contributed by atoms with Crippen molar-refractivity contribution in [3.63, 3.8) is 0 Å². The molecule has 0 amide bonds. The summed E-state index contributed by atoms with van der Waals surface area (Å²) in [5, 5.41) is 0. The molecule has 6 nitrogen and oxygen atoms in total. The maximum atomic E-state index is 10.9. The van der Waals surface area contributed by atoms with E-state index in [-0.39, 0.29) is 6.61 Å². The highest BCUT2D eigenvalue weighted by Gasteiger charge is 2.08. The van der Waals surface area contributed by atoms with Crippen LogP contribution in [0.25, 0.3) is 0 Å². The monoisotopic (exact) mass is 281 g/mol. The second-order valence-corrected chi connectivity index (χ2v) is 6.62. The Kier molecular flexibility index (Phi) is 8.71. The first-order chi connectivity index (χ1) is 8.20. The summed E-state index contributed by atoms with van der Waals surface area (Å²) >= 11 is 0. The van der Waals surface area contributed by atoms with Gasteiger partial charge in [0.15, 0.2) is 0 Å². The summed E-state index contributed by atoms with van der Waals surface area (Å²) in [6.45, 7) is 4.58. The van der Waals surface area contributed by atoms with Gasteiger partial charge in [-0.05, 0) is 28.2 Å². The molecule has 0 N–H and O–H groups in total. The normalized spacial score (nSPS) is 12.9. The third kappa shape index (κ3) is 12.3. The quantitative estimate of drug-likeness (QED) is 0.498. The summed E-state index contributed by atoms with van der Waals surface area (Å²) in [4.78, 5) is 6.44. The fourth-order valence-corrected chi connectivity index (χ4v) is 1.71. The fraction of sp³-hybridized carbons (Fsp3) is 1.00. The van der Waals surface area contributed by atoms with Crippen molar-refractivity contribution in [2.45, 2.75) is 0 Å². The van der Waals surface area contributed by atoms with Crippen molar-refractivity contribution in [2.75, 3.05) is 73.8 Å². The molecule has 0 heterocycles. The second-order valence-electron chi connectivity index (χ2n) is 4.97. The lowest BCUT2D eigenvalue weighted by molar-refractivity contribution is 0.184. The molecular formula is C11H27N3O3S. The fourth-order valence-electron chi connectivity index (χ4n) is 1.34. The molecule has 0 aliphatic carbocycles. The zero-order valence-corrected chi connectivity index (χ0v) is 13.0. The van der Waals surface area contributed by atoms with Gasteiger partial charge in [-0.3, -0.25) is 9.08 Å². The predicted octanol–water partition coefficient (Wildman–Crippen LogP) is -0.612. The van der Waals surface area contributed by atoms with Gasteiger partial charge in [-0.15, -0.1) is 0 Å². The summed E-state index contributed by atoms with van der Waals surface area (Å²) in [7, 11) is 4.77. The molecule has 0 rings (SSSR count). The van der Waals surface area contributed by atoms with Gasteiger partial charge in [-0.2, -0.15) is 8.42 Å². The maximum absolute atomic E-state index is 10.9. The Hall–Kier alpha value is -0.210. The molecule has 18 heavy (non-hydrogen) atoms. The summed E-state index contributed by atoms with van der Waals surface area (Å²) in [5.74, 6) is 0. The van der Waals surface area contributed by atoms with Crippen molar-refractivity contribution in [2.24, 2.45) is 0 Å². The molecule has 7 heteroatoms. The molecule has 110 valence electrons. The average molecular weight is 281 g/mol. The van der Waals surface area contributed by atoms with Gasteiger partial charge in [0, 0.05) is 32.7 Å². The average Bonchev–Trinajstić information content (AvgIpc) is 2.19. The largest absolute Gasteiger partial charge is 0.308 e. The molecule has 0 unspecified atom stereocenters. The third-order valence-corrected chi connectivity index (χ3v) is 3.03. The number of likely N-dealkylation sites (N-methyl/N-ethyl adjacent to an activating group) is 2. The van der Waals surface area contributed by atoms with E-state index in [0.29, 0.717) is 6.54 Å². The van der Waals surface area contributed by atoms with Crippen molar-refractivity contribution in [3.8, 4) is 0 Å². The van der Waals surface area contributed by atoms with E-state index in [1.807, 2.05) is 28.2 Å². The van der Waals surface area contributed by atoms with E-state index in [4.69, 9.17) is 4.18 Å². The van der Waals surface area contributed by atoms with E-state index in [1.165, 1.54) is 0 Å². The molecule has 0 aromatic rings. The van der Waals surface area contributed by atoms with Crippen molar-refractivity contribution in [3.05, 3.63) is 0 Å². The van der Waals surface area contributed by atoms with Gasteiger partial charge in [-0.1, -0.05) is 0 Å². The molecule has 0 spiro atoms. The number of nitrogens with zero attached hydrogens (tertiary/aromatic N) is 3. The molecule has 0 fully saturated rings. The van der Waals surface area contributed by atoms with Gasteiger partial charge in [0.05, 0.1) is 12.9 Å². The highest BCUT2D eigenvalue weighted by atomic mass is 32.2. The lowest BCUT2D eigenvalue weighted by atomic mass is 10.4. The van der Waals surface area contributed by atoms with Crippen LogP contribution in [0.2, 0.25) is 0 Å². The van der Waals surface area contributed by atoms with Crippen LogP contribution in [0, 0.1) is 0 Å². The van der Waals surface area contributed by atoms with Crippen LogP contribution in [-0.2, 0) is 14.3 Å². The van der Waals surface area contributed by atoms with Crippen molar-refractivity contribution >= 4 is 10.1 Å². The Labute approximate surface area is 112 Å². The molecule has 0 atom stereocenters. The molecule has 0 radical (unpaired) electrons. The smallest absolute Gasteiger partial charge is 0.264 e. The summed E-state index contributed by atoms with van der Waals surface area (Å²) in [6.07, 6.45) is 1.08. The van der Waals surface area contributed by atoms with Gasteiger partial charge in [-0.25, -0.2) is 0 Å². The van der Waals surface area contributed by atoms with Crippen LogP contribution >= 0.6 is 0 Å². The summed E-state index contributed by atoms with van der Waals surface area (Å²) < 4.78 is 26.6. The summed E-state index contributed by atoms with van der Waals surface area (Å²) in [5.41, 5.74) is 0. The maximum Gasteiger partial charge on any atom is 0.264 e. The molecule has 0 aliphatic heterocycles. The van der Waals surface area contributed by atoms with Crippen LogP contribution < -0.4 is 0 Å². The van der Waals surface area contributed by atoms with Crippen LogP contribution in [0.15, 0.2) is 0 Å². The minimum Gasteiger partial charge on any atom is -0.308 e. The first kappa shape index (κ1) is 17.8. The minimum atomic E-state index is -3.33. The van der Waals surface area contributed by atoms with E-state index in [1.54, 1.807) is 0 Å². The van der Waals surface area contributed by atoms with E-state index >= 15 is 0 Å². The summed E-state index contributed by atoms with van der Waals surface area (Å²) in [6, 6.07) is 0. The Balaban J connectivity index is 4.03. The van der Waals surface area contributed by atoms with Gasteiger partial charge >= 0.3 is 0 Å². The van der Waals surface area contributed by atoms with Gasteiger partial charge < -0.3 is 9.80 Å². The van der Waals surface area contributed by atoms with Crippen LogP contribution in [0.3, 0.4) is 0 Å². The topological polar surface area (TPSA) is 53.1 Å². The number of hydrogen-bond donors (Lipinski definition) is 0. The predicted molar refractivity (Wildman–Crippen MR) is 74.3 cm³/mol. The molecular weight excluding hydrogens is 254 g/mol. The second kappa shape index (κ2) is 8.82. The van der Waals surface area contributed by atoms with Gasteiger partial charge in [0.25, 0.3) is 10.1 Å². The lowest BCUT2D eigenvalue weighted by Crippen LogP contribution is -2.38. The standard InChI is InChI=1S/C11H27N3O3S/c1-12(2)6-8-14(9-7-13(3)4)10-11-17-18(5,15)16/h6-11H2,1-5H3. The zero-order valence-electron chi connectivity index (χ0n) is 12.2. The van der Waals surface area contributed by atoms with E-state index in [9.17, 15) is 8.42 Å². The molecule has 0 bridgehead atoms. The van der Waals surface area contributed by atoms with Crippen LogP contribution in [-0.4, -0.2) is 96.9 Å². The molecule has 0 aliphatic rings. The molecule has 0 saturated heterocycles. The first-order valence-corrected chi connectivity index (χ1v) is 7.88. The Bertz CT molecular complexity index is 293. The molecule has 0 aromatic heterocycles. The Morgan fingerprint density at radius 2 is 1.28 bits per heavy atom. The Morgan fingerprint density at radius 3 is 1.61 bits per heavy atom. The minimum absolute atomic E-state index is 0.222. The number of hydrogen-bond acceptors (Lipinski definition) is 6. The zero-order chi connectivity index (χ0) is 14.2. The highest BCUT2D eigenvalue weighted by Crippen LogP contribution is 1.93. The van der Waals surface area contributed by atoms with E-state index in [0.717, 1.165) is 32.4 Å². The lowest BCUT2D eigenvalue weighted by Gasteiger charge is -2.25. The first-order valence-electron chi connectivity index (χ1n) is 6.07. The van der Waals surface area contributed by atoms with Crippen molar-refractivity contribution < 1.29 is 12.6 Å². The van der Waals surface area contributed by atoms with Crippen LogP contribution in [0.5, 0.6) is 0 Å². The molecule has 0 saturated carbocycles. The highest BCUT2D eigenvalue weighted by molar-refractivity contribution is 7.85. The van der Waals surface area contributed by atoms with Gasteiger partial charge in [0.1, 0.15) is 0 Å². The van der Waals surface area contributed by atoms with Crippen LogP contribution in [0.1, 0.15) is 0 Å².